The fourth-order valence-corrected chi connectivity index (χ4v) is 2.17. The van der Waals surface area contributed by atoms with Crippen molar-refractivity contribution in [3.63, 3.8) is 0 Å². The molecule has 0 aliphatic heterocycles. The lowest BCUT2D eigenvalue weighted by atomic mass is 9.99. The fourth-order valence-electron chi connectivity index (χ4n) is 2.17. The van der Waals surface area contributed by atoms with E-state index in [0.29, 0.717) is 0 Å². The number of hydrogen-bond acceptors (Lipinski definition) is 0. The third-order valence-corrected chi connectivity index (χ3v) is 3.34. The Labute approximate surface area is 104 Å². The van der Waals surface area contributed by atoms with Gasteiger partial charge in [0.1, 0.15) is 0 Å². The second-order valence-electron chi connectivity index (χ2n) is 4.60. The summed E-state index contributed by atoms with van der Waals surface area (Å²) in [4.78, 5) is 0. The average molecular weight is 224 g/mol. The third kappa shape index (κ3) is 3.20. The van der Waals surface area contributed by atoms with Gasteiger partial charge >= 0.3 is 0 Å². The highest BCUT2D eigenvalue weighted by Crippen LogP contribution is 2.13. The minimum atomic E-state index is 1.12. The van der Waals surface area contributed by atoms with Crippen molar-refractivity contribution in [3.8, 4) is 0 Å². The monoisotopic (exact) mass is 224 g/mol. The van der Waals surface area contributed by atoms with Gasteiger partial charge in [0, 0.05) is 0 Å². The maximum atomic E-state index is 2.33. The molecule has 0 saturated carbocycles. The molecule has 0 heterocycles. The highest BCUT2D eigenvalue weighted by Gasteiger charge is 1.99. The molecule has 0 radical (unpaired) electrons. The second kappa shape index (κ2) is 5.67. The average Bonchev–Trinajstić information content (AvgIpc) is 2.38. The summed E-state index contributed by atoms with van der Waals surface area (Å²) in [5.74, 6) is 0. The van der Waals surface area contributed by atoms with Crippen LogP contribution in [0.3, 0.4) is 0 Å². The summed E-state index contributed by atoms with van der Waals surface area (Å²) in [6, 6.07) is 17.6. The summed E-state index contributed by atoms with van der Waals surface area (Å²) in [6.45, 7) is 4.40. The SMILES string of the molecule is CCc1cccc(CCc2ccccc2C)c1. The van der Waals surface area contributed by atoms with Crippen LogP contribution in [0.5, 0.6) is 0 Å². The predicted octanol–water partition coefficient (Wildman–Crippen LogP) is 4.34. The van der Waals surface area contributed by atoms with Crippen molar-refractivity contribution in [3.05, 3.63) is 70.8 Å². The molecule has 0 saturated heterocycles. The van der Waals surface area contributed by atoms with E-state index in [1.165, 1.54) is 22.3 Å². The molecule has 0 spiro atoms. The molecule has 2 aromatic rings. The van der Waals surface area contributed by atoms with Crippen LogP contribution >= 0.6 is 0 Å². The van der Waals surface area contributed by atoms with Crippen LogP contribution in [0.1, 0.15) is 29.2 Å². The van der Waals surface area contributed by atoms with Crippen LogP contribution in [0.25, 0.3) is 0 Å². The number of hydrogen-bond donors (Lipinski definition) is 0. The summed E-state index contributed by atoms with van der Waals surface area (Å²) in [5, 5.41) is 0. The van der Waals surface area contributed by atoms with E-state index in [-0.39, 0.29) is 0 Å². The number of rotatable bonds is 4. The third-order valence-electron chi connectivity index (χ3n) is 3.34. The predicted molar refractivity (Wildman–Crippen MR) is 74.4 cm³/mol. The van der Waals surface area contributed by atoms with E-state index >= 15 is 0 Å². The van der Waals surface area contributed by atoms with Crippen LogP contribution < -0.4 is 0 Å². The lowest BCUT2D eigenvalue weighted by Gasteiger charge is -2.06. The molecule has 0 fully saturated rings. The topological polar surface area (TPSA) is 0 Å². The van der Waals surface area contributed by atoms with Crippen LogP contribution in [-0.2, 0) is 19.3 Å². The van der Waals surface area contributed by atoms with Crippen molar-refractivity contribution in [1.82, 2.24) is 0 Å². The Hall–Kier alpha value is -1.56. The standard InChI is InChI=1S/C17H20/c1-3-15-8-6-9-16(13-15)11-12-17-10-5-4-7-14(17)2/h4-10,13H,3,11-12H2,1-2H3. The second-order valence-corrected chi connectivity index (χ2v) is 4.60. The molecular formula is C17H20. The van der Waals surface area contributed by atoms with Crippen LogP contribution in [0, 0.1) is 6.92 Å². The maximum Gasteiger partial charge on any atom is -0.0236 e. The van der Waals surface area contributed by atoms with Gasteiger partial charge < -0.3 is 0 Å². The van der Waals surface area contributed by atoms with Gasteiger partial charge in [-0.05, 0) is 48.4 Å². The fraction of sp³-hybridized carbons (Fsp3) is 0.294. The lowest BCUT2D eigenvalue weighted by molar-refractivity contribution is 0.943. The van der Waals surface area contributed by atoms with Crippen molar-refractivity contribution < 1.29 is 0 Å². The number of benzene rings is 2. The van der Waals surface area contributed by atoms with Crippen molar-refractivity contribution in [2.45, 2.75) is 33.1 Å². The first-order valence-electron chi connectivity index (χ1n) is 6.42. The van der Waals surface area contributed by atoms with E-state index in [1.54, 1.807) is 0 Å². The first-order chi connectivity index (χ1) is 8.29. The molecule has 0 aliphatic carbocycles. The van der Waals surface area contributed by atoms with Crippen molar-refractivity contribution in [2.75, 3.05) is 0 Å². The Morgan fingerprint density at radius 1 is 0.824 bits per heavy atom. The van der Waals surface area contributed by atoms with Crippen LogP contribution in [0.2, 0.25) is 0 Å². The summed E-state index contributed by atoms with van der Waals surface area (Å²) in [7, 11) is 0. The van der Waals surface area contributed by atoms with Gasteiger partial charge in [0.05, 0.1) is 0 Å². The first kappa shape index (κ1) is 11.9. The molecule has 0 aromatic heterocycles. The Bertz CT molecular complexity index is 483. The van der Waals surface area contributed by atoms with Gasteiger partial charge in [-0.25, -0.2) is 0 Å². The molecule has 0 bridgehead atoms. The summed E-state index contributed by atoms with van der Waals surface area (Å²) < 4.78 is 0. The van der Waals surface area contributed by atoms with Gasteiger partial charge in [-0.2, -0.15) is 0 Å². The van der Waals surface area contributed by atoms with E-state index in [4.69, 9.17) is 0 Å². The smallest absolute Gasteiger partial charge is 0.0236 e. The zero-order valence-electron chi connectivity index (χ0n) is 10.7. The summed E-state index contributed by atoms with van der Waals surface area (Å²) >= 11 is 0. The summed E-state index contributed by atoms with van der Waals surface area (Å²) in [6.07, 6.45) is 3.40. The molecule has 17 heavy (non-hydrogen) atoms. The molecule has 0 unspecified atom stereocenters. The minimum absolute atomic E-state index is 1.12. The van der Waals surface area contributed by atoms with E-state index in [1.807, 2.05) is 0 Å². The van der Waals surface area contributed by atoms with Gasteiger partial charge in [0.15, 0.2) is 0 Å². The zero-order valence-corrected chi connectivity index (χ0v) is 10.7. The van der Waals surface area contributed by atoms with E-state index in [2.05, 4.69) is 62.4 Å². The molecule has 2 rings (SSSR count). The van der Waals surface area contributed by atoms with Gasteiger partial charge in [0.25, 0.3) is 0 Å². The largest absolute Gasteiger partial charge is 0.0620 e. The molecule has 0 heteroatoms. The minimum Gasteiger partial charge on any atom is -0.0620 e. The highest BCUT2D eigenvalue weighted by molar-refractivity contribution is 5.28. The zero-order chi connectivity index (χ0) is 12.1. The molecule has 0 aliphatic rings. The van der Waals surface area contributed by atoms with Crippen molar-refractivity contribution in [2.24, 2.45) is 0 Å². The van der Waals surface area contributed by atoms with E-state index < -0.39 is 0 Å². The molecule has 0 amide bonds. The Kier molecular flexibility index (Phi) is 3.98. The summed E-state index contributed by atoms with van der Waals surface area (Å²) in [5.41, 5.74) is 5.76. The highest BCUT2D eigenvalue weighted by atomic mass is 14.0. The lowest BCUT2D eigenvalue weighted by Crippen LogP contribution is -1.94. The Morgan fingerprint density at radius 2 is 1.59 bits per heavy atom. The molecule has 88 valence electrons. The van der Waals surface area contributed by atoms with Gasteiger partial charge in [-0.15, -0.1) is 0 Å². The van der Waals surface area contributed by atoms with Crippen LogP contribution in [0.4, 0.5) is 0 Å². The molecule has 0 N–H and O–H groups in total. The molecule has 0 nitrogen and oxygen atoms in total. The molecular weight excluding hydrogens is 204 g/mol. The van der Waals surface area contributed by atoms with E-state index in [9.17, 15) is 0 Å². The quantitative estimate of drug-likeness (QED) is 0.724. The Balaban J connectivity index is 2.05. The number of aryl methyl sites for hydroxylation is 4. The van der Waals surface area contributed by atoms with E-state index in [0.717, 1.165) is 19.3 Å². The van der Waals surface area contributed by atoms with Gasteiger partial charge in [-0.3, -0.25) is 0 Å². The van der Waals surface area contributed by atoms with Crippen LogP contribution in [0.15, 0.2) is 48.5 Å². The van der Waals surface area contributed by atoms with Crippen LogP contribution in [-0.4, -0.2) is 0 Å². The normalized spacial score (nSPS) is 10.5. The molecule has 0 atom stereocenters. The van der Waals surface area contributed by atoms with Crippen molar-refractivity contribution >= 4 is 0 Å². The van der Waals surface area contributed by atoms with Gasteiger partial charge in [-0.1, -0.05) is 55.5 Å². The molecule has 2 aromatic carbocycles. The van der Waals surface area contributed by atoms with Gasteiger partial charge in [0.2, 0.25) is 0 Å². The first-order valence-corrected chi connectivity index (χ1v) is 6.42. The maximum absolute atomic E-state index is 2.33. The Morgan fingerprint density at radius 3 is 2.35 bits per heavy atom. The van der Waals surface area contributed by atoms with Crippen molar-refractivity contribution in [1.29, 1.82) is 0 Å².